The van der Waals surface area contributed by atoms with Gasteiger partial charge in [0.25, 0.3) is 0 Å². The van der Waals surface area contributed by atoms with E-state index in [-0.39, 0.29) is 10.8 Å². The van der Waals surface area contributed by atoms with Crippen molar-refractivity contribution in [1.29, 1.82) is 0 Å². The second-order valence-electron chi connectivity index (χ2n) is 5.35. The van der Waals surface area contributed by atoms with Gasteiger partial charge in [-0.2, -0.15) is 0 Å². The number of benzene rings is 1. The van der Waals surface area contributed by atoms with E-state index < -0.39 is 0 Å². The van der Waals surface area contributed by atoms with Crippen LogP contribution in [0.1, 0.15) is 32.3 Å². The molecular formula is C15H21ClFN. The van der Waals surface area contributed by atoms with Crippen LogP contribution in [0.15, 0.2) is 18.2 Å². The number of nitrogens with one attached hydrogen (secondary N) is 1. The van der Waals surface area contributed by atoms with Crippen LogP contribution in [0.25, 0.3) is 0 Å². The third kappa shape index (κ3) is 3.24. The van der Waals surface area contributed by atoms with Crippen LogP contribution in [0.5, 0.6) is 0 Å². The Balaban J connectivity index is 2.05. The number of halogens is 2. The Morgan fingerprint density at radius 1 is 1.50 bits per heavy atom. The SMILES string of the molecule is CCCNC(Cc1cccc(Cl)c1F)C1CC1C. The highest BCUT2D eigenvalue weighted by atomic mass is 35.5. The number of hydrogen-bond donors (Lipinski definition) is 1. The van der Waals surface area contributed by atoms with Gasteiger partial charge in [0.2, 0.25) is 0 Å². The first kappa shape index (κ1) is 13.8. The average molecular weight is 270 g/mol. The molecule has 0 aromatic heterocycles. The van der Waals surface area contributed by atoms with E-state index in [1.54, 1.807) is 6.07 Å². The van der Waals surface area contributed by atoms with Crippen LogP contribution in [-0.4, -0.2) is 12.6 Å². The summed E-state index contributed by atoms with van der Waals surface area (Å²) >= 11 is 5.83. The monoisotopic (exact) mass is 269 g/mol. The minimum atomic E-state index is -0.254. The van der Waals surface area contributed by atoms with E-state index in [0.29, 0.717) is 12.0 Å². The zero-order valence-corrected chi connectivity index (χ0v) is 11.8. The van der Waals surface area contributed by atoms with Gasteiger partial charge in [0.05, 0.1) is 5.02 Å². The van der Waals surface area contributed by atoms with E-state index in [1.807, 2.05) is 12.1 Å². The van der Waals surface area contributed by atoms with Crippen molar-refractivity contribution in [1.82, 2.24) is 5.32 Å². The summed E-state index contributed by atoms with van der Waals surface area (Å²) in [4.78, 5) is 0. The summed E-state index contributed by atoms with van der Waals surface area (Å²) in [5.74, 6) is 1.20. The van der Waals surface area contributed by atoms with Gasteiger partial charge >= 0.3 is 0 Å². The quantitative estimate of drug-likeness (QED) is 0.822. The number of rotatable bonds is 6. The lowest BCUT2D eigenvalue weighted by atomic mass is 10.0. The van der Waals surface area contributed by atoms with Crippen LogP contribution in [0, 0.1) is 17.7 Å². The summed E-state index contributed by atoms with van der Waals surface area (Å²) in [5, 5.41) is 3.77. The molecule has 1 aliphatic carbocycles. The fraction of sp³-hybridized carbons (Fsp3) is 0.600. The predicted octanol–water partition coefficient (Wildman–Crippen LogP) is 4.05. The molecule has 0 saturated heterocycles. The van der Waals surface area contributed by atoms with Crippen molar-refractivity contribution < 1.29 is 4.39 Å². The molecule has 1 aromatic carbocycles. The van der Waals surface area contributed by atoms with Crippen molar-refractivity contribution in [3.05, 3.63) is 34.6 Å². The van der Waals surface area contributed by atoms with E-state index in [2.05, 4.69) is 19.2 Å². The standard InChI is InChI=1S/C15H21ClFN/c1-3-7-18-14(12-8-10(12)2)9-11-5-4-6-13(16)15(11)17/h4-6,10,12,14,18H,3,7-9H2,1-2H3. The topological polar surface area (TPSA) is 12.0 Å². The van der Waals surface area contributed by atoms with Crippen LogP contribution in [0.4, 0.5) is 4.39 Å². The predicted molar refractivity (Wildman–Crippen MR) is 74.5 cm³/mol. The molecule has 0 bridgehead atoms. The van der Waals surface area contributed by atoms with Crippen LogP contribution in [-0.2, 0) is 6.42 Å². The molecule has 1 aromatic rings. The second kappa shape index (κ2) is 6.03. The van der Waals surface area contributed by atoms with Gasteiger partial charge in [-0.05, 0) is 49.3 Å². The van der Waals surface area contributed by atoms with Gasteiger partial charge < -0.3 is 5.32 Å². The van der Waals surface area contributed by atoms with Gasteiger partial charge in [0.1, 0.15) is 5.82 Å². The number of hydrogen-bond acceptors (Lipinski definition) is 1. The Bertz CT molecular complexity index is 407. The van der Waals surface area contributed by atoms with Crippen molar-refractivity contribution in [2.45, 2.75) is 39.2 Å². The van der Waals surface area contributed by atoms with E-state index in [9.17, 15) is 4.39 Å². The Morgan fingerprint density at radius 2 is 2.22 bits per heavy atom. The highest BCUT2D eigenvalue weighted by Crippen LogP contribution is 2.41. The highest BCUT2D eigenvalue weighted by Gasteiger charge is 2.39. The van der Waals surface area contributed by atoms with Crippen molar-refractivity contribution in [2.75, 3.05) is 6.54 Å². The fourth-order valence-corrected chi connectivity index (χ4v) is 2.75. The van der Waals surface area contributed by atoms with E-state index in [1.165, 1.54) is 6.42 Å². The summed E-state index contributed by atoms with van der Waals surface area (Å²) in [6.07, 6.45) is 3.10. The smallest absolute Gasteiger partial charge is 0.145 e. The van der Waals surface area contributed by atoms with Gasteiger partial charge in [-0.25, -0.2) is 4.39 Å². The van der Waals surface area contributed by atoms with Crippen LogP contribution in [0.2, 0.25) is 5.02 Å². The molecule has 0 spiro atoms. The molecule has 1 fully saturated rings. The lowest BCUT2D eigenvalue weighted by Crippen LogP contribution is -2.34. The summed E-state index contributed by atoms with van der Waals surface area (Å²) in [5.41, 5.74) is 0.732. The van der Waals surface area contributed by atoms with Crippen molar-refractivity contribution in [3.8, 4) is 0 Å². The van der Waals surface area contributed by atoms with Gasteiger partial charge in [-0.15, -0.1) is 0 Å². The average Bonchev–Trinajstić information content (AvgIpc) is 3.07. The molecular weight excluding hydrogens is 249 g/mol. The third-order valence-electron chi connectivity index (χ3n) is 3.82. The summed E-state index contributed by atoms with van der Waals surface area (Å²) in [6.45, 7) is 5.41. The van der Waals surface area contributed by atoms with Crippen LogP contribution >= 0.6 is 11.6 Å². The lowest BCUT2D eigenvalue weighted by molar-refractivity contribution is 0.436. The minimum absolute atomic E-state index is 0.227. The van der Waals surface area contributed by atoms with Gasteiger partial charge in [-0.1, -0.05) is 37.6 Å². The Hall–Kier alpha value is -0.600. The first-order valence-electron chi connectivity index (χ1n) is 6.79. The first-order chi connectivity index (χ1) is 8.63. The molecule has 1 aliphatic rings. The molecule has 0 aliphatic heterocycles. The molecule has 0 radical (unpaired) electrons. The molecule has 1 nitrogen and oxygen atoms in total. The molecule has 1 N–H and O–H groups in total. The maximum Gasteiger partial charge on any atom is 0.145 e. The van der Waals surface area contributed by atoms with Gasteiger partial charge in [0.15, 0.2) is 0 Å². The highest BCUT2D eigenvalue weighted by molar-refractivity contribution is 6.30. The zero-order chi connectivity index (χ0) is 13.1. The molecule has 0 heterocycles. The summed E-state index contributed by atoms with van der Waals surface area (Å²) in [6, 6.07) is 5.66. The Morgan fingerprint density at radius 3 is 2.83 bits per heavy atom. The Kier molecular flexibility index (Phi) is 4.63. The summed E-state index contributed by atoms with van der Waals surface area (Å²) < 4.78 is 13.9. The van der Waals surface area contributed by atoms with Crippen molar-refractivity contribution >= 4 is 11.6 Å². The fourth-order valence-electron chi connectivity index (χ4n) is 2.56. The maximum absolute atomic E-state index is 13.9. The van der Waals surface area contributed by atoms with E-state index >= 15 is 0 Å². The third-order valence-corrected chi connectivity index (χ3v) is 4.11. The van der Waals surface area contributed by atoms with Crippen molar-refractivity contribution in [3.63, 3.8) is 0 Å². The maximum atomic E-state index is 13.9. The Labute approximate surface area is 114 Å². The molecule has 18 heavy (non-hydrogen) atoms. The molecule has 0 amide bonds. The zero-order valence-electron chi connectivity index (χ0n) is 11.0. The minimum Gasteiger partial charge on any atom is -0.313 e. The largest absolute Gasteiger partial charge is 0.313 e. The van der Waals surface area contributed by atoms with Crippen molar-refractivity contribution in [2.24, 2.45) is 11.8 Å². The summed E-state index contributed by atoms with van der Waals surface area (Å²) in [7, 11) is 0. The van der Waals surface area contributed by atoms with E-state index in [4.69, 9.17) is 11.6 Å². The first-order valence-corrected chi connectivity index (χ1v) is 7.17. The van der Waals surface area contributed by atoms with Gasteiger partial charge in [0, 0.05) is 6.04 Å². The molecule has 2 rings (SSSR count). The molecule has 3 atom stereocenters. The molecule has 3 unspecified atom stereocenters. The van der Waals surface area contributed by atoms with Crippen LogP contribution < -0.4 is 5.32 Å². The second-order valence-corrected chi connectivity index (χ2v) is 5.76. The van der Waals surface area contributed by atoms with E-state index in [0.717, 1.165) is 30.9 Å². The normalized spacial score (nSPS) is 24.0. The molecule has 3 heteroatoms. The van der Waals surface area contributed by atoms with Gasteiger partial charge in [-0.3, -0.25) is 0 Å². The lowest BCUT2D eigenvalue weighted by Gasteiger charge is -2.19. The molecule has 1 saturated carbocycles. The van der Waals surface area contributed by atoms with Crippen LogP contribution in [0.3, 0.4) is 0 Å². The molecule has 100 valence electrons.